The van der Waals surface area contributed by atoms with E-state index in [-0.39, 0.29) is 18.4 Å². The van der Waals surface area contributed by atoms with Crippen LogP contribution in [0.25, 0.3) is 0 Å². The minimum Gasteiger partial charge on any atom is -0.337 e. The molecule has 1 atom stereocenters. The molecule has 132 valence electrons. The molecule has 6 nitrogen and oxygen atoms in total. The highest BCUT2D eigenvalue weighted by atomic mass is 35.5. The van der Waals surface area contributed by atoms with Crippen molar-refractivity contribution in [3.05, 3.63) is 48.0 Å². The Hall–Kier alpha value is -1.41. The van der Waals surface area contributed by atoms with Crippen molar-refractivity contribution in [3.63, 3.8) is 0 Å². The number of nitrogens with one attached hydrogen (secondary N) is 1. The second-order valence-corrected chi connectivity index (χ2v) is 7.62. The van der Waals surface area contributed by atoms with Crippen molar-refractivity contribution in [2.75, 3.05) is 19.6 Å². The van der Waals surface area contributed by atoms with Gasteiger partial charge in [-0.1, -0.05) is 19.1 Å². The first kappa shape index (κ1) is 18.9. The number of hydrogen-bond donors (Lipinski definition) is 1. The number of hydrogen-bond acceptors (Lipinski definition) is 4. The van der Waals surface area contributed by atoms with Crippen LogP contribution in [-0.4, -0.2) is 41.9 Å². The molecule has 8 heteroatoms. The third-order valence-corrected chi connectivity index (χ3v) is 6.17. The summed E-state index contributed by atoms with van der Waals surface area (Å²) in [6.07, 6.45) is 4.35. The summed E-state index contributed by atoms with van der Waals surface area (Å²) < 4.78 is 29.7. The Morgan fingerprint density at radius 1 is 1.38 bits per heavy atom. The zero-order valence-corrected chi connectivity index (χ0v) is 15.5. The number of sulfonamides is 1. The molecular formula is C16H23ClN4O2S. The summed E-state index contributed by atoms with van der Waals surface area (Å²) in [7, 11) is -1.66. The molecule has 3 rings (SSSR count). The van der Waals surface area contributed by atoms with Crippen molar-refractivity contribution in [1.82, 2.24) is 19.2 Å². The van der Waals surface area contributed by atoms with Gasteiger partial charge in [0.25, 0.3) is 0 Å². The number of imidazole rings is 1. The van der Waals surface area contributed by atoms with Gasteiger partial charge < -0.3 is 9.88 Å². The average molecular weight is 371 g/mol. The quantitative estimate of drug-likeness (QED) is 0.890. The van der Waals surface area contributed by atoms with E-state index in [0.29, 0.717) is 24.5 Å². The molecule has 1 fully saturated rings. The lowest BCUT2D eigenvalue weighted by Gasteiger charge is -2.34. The van der Waals surface area contributed by atoms with Crippen LogP contribution in [0.3, 0.4) is 0 Å². The lowest BCUT2D eigenvalue weighted by molar-refractivity contribution is 0.258. The minimum atomic E-state index is -3.55. The number of piperazine rings is 1. The third kappa shape index (κ3) is 3.49. The van der Waals surface area contributed by atoms with Gasteiger partial charge in [0, 0.05) is 39.1 Å². The molecule has 0 aliphatic carbocycles. The van der Waals surface area contributed by atoms with Crippen LogP contribution in [0.5, 0.6) is 0 Å². The van der Waals surface area contributed by atoms with Crippen molar-refractivity contribution in [2.45, 2.75) is 24.3 Å². The number of benzene rings is 1. The van der Waals surface area contributed by atoms with E-state index in [4.69, 9.17) is 0 Å². The van der Waals surface area contributed by atoms with Gasteiger partial charge in [0.15, 0.2) is 0 Å². The molecule has 1 saturated heterocycles. The van der Waals surface area contributed by atoms with Crippen LogP contribution in [-0.2, 0) is 23.5 Å². The van der Waals surface area contributed by atoms with Crippen LogP contribution >= 0.6 is 12.4 Å². The predicted molar refractivity (Wildman–Crippen MR) is 95.8 cm³/mol. The highest BCUT2D eigenvalue weighted by molar-refractivity contribution is 7.89. The summed E-state index contributed by atoms with van der Waals surface area (Å²) >= 11 is 0. The van der Waals surface area contributed by atoms with Gasteiger partial charge in [-0.2, -0.15) is 4.31 Å². The van der Waals surface area contributed by atoms with E-state index in [2.05, 4.69) is 10.3 Å². The maximum Gasteiger partial charge on any atom is 0.243 e. The zero-order valence-electron chi connectivity index (χ0n) is 13.8. The van der Waals surface area contributed by atoms with Gasteiger partial charge in [0.2, 0.25) is 10.0 Å². The van der Waals surface area contributed by atoms with Gasteiger partial charge in [0.05, 0.1) is 10.9 Å². The fourth-order valence-electron chi connectivity index (χ4n) is 2.95. The van der Waals surface area contributed by atoms with Crippen LogP contribution in [0.1, 0.15) is 24.4 Å². The summed E-state index contributed by atoms with van der Waals surface area (Å²) in [6.45, 7) is 3.68. The fraction of sp³-hybridized carbons (Fsp3) is 0.438. The fourth-order valence-corrected chi connectivity index (χ4v) is 4.61. The number of aromatic nitrogens is 2. The number of nitrogens with zero attached hydrogens (tertiary/aromatic N) is 3. The Balaban J connectivity index is 0.00000208. The molecule has 1 N–H and O–H groups in total. The Labute approximate surface area is 149 Å². The number of aryl methyl sites for hydroxylation is 2. The van der Waals surface area contributed by atoms with Crippen LogP contribution in [0.4, 0.5) is 0 Å². The Morgan fingerprint density at radius 3 is 2.83 bits per heavy atom. The van der Waals surface area contributed by atoms with E-state index >= 15 is 0 Å². The summed E-state index contributed by atoms with van der Waals surface area (Å²) in [6, 6.07) is 6.91. The second kappa shape index (κ2) is 7.65. The van der Waals surface area contributed by atoms with E-state index < -0.39 is 10.0 Å². The second-order valence-electron chi connectivity index (χ2n) is 5.73. The first-order valence-corrected chi connectivity index (χ1v) is 9.26. The lowest BCUT2D eigenvalue weighted by atomic mass is 10.2. The van der Waals surface area contributed by atoms with Crippen LogP contribution in [0, 0.1) is 0 Å². The van der Waals surface area contributed by atoms with Crippen LogP contribution in [0.2, 0.25) is 0 Å². The summed E-state index contributed by atoms with van der Waals surface area (Å²) in [5, 5.41) is 3.27. The van der Waals surface area contributed by atoms with Gasteiger partial charge >= 0.3 is 0 Å². The van der Waals surface area contributed by atoms with Crippen LogP contribution < -0.4 is 5.32 Å². The van der Waals surface area contributed by atoms with E-state index in [9.17, 15) is 8.42 Å². The van der Waals surface area contributed by atoms with Crippen molar-refractivity contribution in [2.24, 2.45) is 7.05 Å². The highest BCUT2D eigenvalue weighted by Gasteiger charge is 2.36. The molecular weight excluding hydrogens is 348 g/mol. The molecule has 1 unspecified atom stereocenters. The monoisotopic (exact) mass is 370 g/mol. The first-order chi connectivity index (χ1) is 11.0. The Morgan fingerprint density at radius 2 is 2.17 bits per heavy atom. The third-order valence-electron chi connectivity index (χ3n) is 4.26. The maximum absolute atomic E-state index is 13.1. The van der Waals surface area contributed by atoms with E-state index in [1.54, 1.807) is 22.6 Å². The topological polar surface area (TPSA) is 67.2 Å². The molecule has 1 aliphatic rings. The minimum absolute atomic E-state index is 0. The smallest absolute Gasteiger partial charge is 0.243 e. The highest BCUT2D eigenvalue weighted by Crippen LogP contribution is 2.28. The molecule has 0 amide bonds. The molecule has 2 aromatic rings. The van der Waals surface area contributed by atoms with Crippen molar-refractivity contribution >= 4 is 22.4 Å². The van der Waals surface area contributed by atoms with Gasteiger partial charge in [-0.3, -0.25) is 0 Å². The van der Waals surface area contributed by atoms with Crippen molar-refractivity contribution in [3.8, 4) is 0 Å². The summed E-state index contributed by atoms with van der Waals surface area (Å²) in [5.74, 6) is 0.757. The molecule has 1 aromatic heterocycles. The zero-order chi connectivity index (χ0) is 16.4. The largest absolute Gasteiger partial charge is 0.337 e. The van der Waals surface area contributed by atoms with E-state index in [1.807, 2.05) is 36.9 Å². The van der Waals surface area contributed by atoms with Gasteiger partial charge in [0.1, 0.15) is 5.82 Å². The summed E-state index contributed by atoms with van der Waals surface area (Å²) in [4.78, 5) is 4.71. The molecule has 0 spiro atoms. The molecule has 1 aliphatic heterocycles. The standard InChI is InChI=1S/C16H22N4O2S.ClH/c1-3-13-5-4-6-14(11-13)23(21,22)20-10-7-17-12-15(20)16-18-8-9-19(16)2;/h4-6,8-9,11,15,17H,3,7,10,12H2,1-2H3;1H. The van der Waals surface area contributed by atoms with Gasteiger partial charge in [-0.15, -0.1) is 12.4 Å². The molecule has 24 heavy (non-hydrogen) atoms. The Kier molecular flexibility index (Phi) is 6.03. The van der Waals surface area contributed by atoms with Crippen LogP contribution in [0.15, 0.2) is 41.6 Å². The molecule has 0 bridgehead atoms. The first-order valence-electron chi connectivity index (χ1n) is 7.82. The number of halogens is 1. The Bertz CT molecular complexity index is 791. The number of rotatable bonds is 4. The summed E-state index contributed by atoms with van der Waals surface area (Å²) in [5.41, 5.74) is 1.02. The van der Waals surface area contributed by atoms with Gasteiger partial charge in [-0.25, -0.2) is 13.4 Å². The molecule has 2 heterocycles. The van der Waals surface area contributed by atoms with Crippen molar-refractivity contribution < 1.29 is 8.42 Å². The van der Waals surface area contributed by atoms with Gasteiger partial charge in [-0.05, 0) is 24.1 Å². The SMILES string of the molecule is CCc1cccc(S(=O)(=O)N2CCNCC2c2nccn2C)c1.Cl. The normalized spacial score (nSPS) is 19.0. The molecule has 0 radical (unpaired) electrons. The molecule has 1 aromatic carbocycles. The molecule has 0 saturated carbocycles. The van der Waals surface area contributed by atoms with E-state index in [1.165, 1.54) is 0 Å². The average Bonchev–Trinajstić information content (AvgIpc) is 3.01. The van der Waals surface area contributed by atoms with E-state index in [0.717, 1.165) is 17.8 Å². The maximum atomic E-state index is 13.1. The lowest BCUT2D eigenvalue weighted by Crippen LogP contribution is -2.49. The predicted octanol–water partition coefficient (Wildman–Crippen LogP) is 1.74. The van der Waals surface area contributed by atoms with Crippen molar-refractivity contribution in [1.29, 1.82) is 0 Å².